The van der Waals surface area contributed by atoms with Crippen molar-refractivity contribution in [2.75, 3.05) is 0 Å². The molecular weight excluding hydrogens is 289 g/mol. The maximum atomic E-state index is 12.5. The lowest BCUT2D eigenvalue weighted by atomic mass is 10.2. The number of rotatable bonds is 3. The highest BCUT2D eigenvalue weighted by molar-refractivity contribution is 5.99. The molecule has 8 heteroatoms. The van der Waals surface area contributed by atoms with Crippen molar-refractivity contribution in [2.24, 2.45) is 0 Å². The number of aromatic nitrogens is 1. The molecule has 2 rings (SSSR count). The van der Waals surface area contributed by atoms with Crippen LogP contribution >= 0.6 is 0 Å². The van der Waals surface area contributed by atoms with Gasteiger partial charge in [-0.25, -0.2) is 0 Å². The lowest BCUT2D eigenvalue weighted by molar-refractivity contribution is -0.384. The van der Waals surface area contributed by atoms with Crippen molar-refractivity contribution >= 4 is 11.5 Å². The van der Waals surface area contributed by atoms with Crippen LogP contribution in [0.5, 0.6) is 0 Å². The van der Waals surface area contributed by atoms with E-state index >= 15 is 0 Å². The van der Waals surface area contributed by atoms with Crippen LogP contribution in [-0.2, 0) is 0 Å². The van der Waals surface area contributed by atoms with E-state index in [0.29, 0.717) is 5.56 Å². The van der Waals surface area contributed by atoms with Crippen LogP contribution in [0.1, 0.15) is 16.1 Å². The molecule has 0 bridgehead atoms. The van der Waals surface area contributed by atoms with Crippen LogP contribution in [0.15, 0.2) is 36.5 Å². The zero-order valence-electron chi connectivity index (χ0n) is 10.7. The van der Waals surface area contributed by atoms with Gasteiger partial charge >= 0.3 is 6.18 Å². The summed E-state index contributed by atoms with van der Waals surface area (Å²) in [6, 6.07) is 6.25. The first kappa shape index (κ1) is 14.8. The highest BCUT2D eigenvalue weighted by Gasteiger charge is 2.41. The van der Waals surface area contributed by atoms with Crippen molar-refractivity contribution < 1.29 is 22.9 Å². The minimum atomic E-state index is -5.05. The zero-order chi connectivity index (χ0) is 15.8. The van der Waals surface area contributed by atoms with E-state index in [4.69, 9.17) is 0 Å². The summed E-state index contributed by atoms with van der Waals surface area (Å²) in [6.45, 7) is 1.62. The van der Waals surface area contributed by atoms with E-state index in [2.05, 4.69) is 0 Å². The predicted molar refractivity (Wildman–Crippen MR) is 67.5 cm³/mol. The Morgan fingerprint density at radius 2 is 1.95 bits per heavy atom. The summed E-state index contributed by atoms with van der Waals surface area (Å²) in [5.74, 6) is -2.05. The molecule has 0 saturated carbocycles. The molecule has 0 saturated heterocycles. The fraction of sp³-hybridized carbons (Fsp3) is 0.154. The summed E-state index contributed by atoms with van der Waals surface area (Å²) in [7, 11) is 0. The summed E-state index contributed by atoms with van der Waals surface area (Å²) < 4.78 is 38.5. The van der Waals surface area contributed by atoms with Gasteiger partial charge in [-0.3, -0.25) is 14.9 Å². The van der Waals surface area contributed by atoms with Gasteiger partial charge in [-0.05, 0) is 30.7 Å². The SMILES string of the molecule is Cc1ccc(-n2cccc2C(=O)C(F)(F)F)c([N+](=O)[O-])c1. The molecule has 1 aromatic heterocycles. The number of hydrogen-bond acceptors (Lipinski definition) is 3. The van der Waals surface area contributed by atoms with Crippen LogP contribution in [-0.4, -0.2) is 21.4 Å². The number of alkyl halides is 3. The van der Waals surface area contributed by atoms with E-state index in [1.54, 1.807) is 6.92 Å². The first-order chi connectivity index (χ1) is 9.71. The Morgan fingerprint density at radius 1 is 1.29 bits per heavy atom. The Bertz CT molecular complexity index is 720. The maximum absolute atomic E-state index is 12.5. The van der Waals surface area contributed by atoms with Crippen LogP contribution in [0.3, 0.4) is 0 Å². The van der Waals surface area contributed by atoms with Gasteiger partial charge in [0.2, 0.25) is 0 Å². The molecule has 110 valence electrons. The molecule has 0 amide bonds. The van der Waals surface area contributed by atoms with Gasteiger partial charge in [0.15, 0.2) is 0 Å². The number of nitro groups is 1. The smallest absolute Gasteiger partial charge is 0.308 e. The number of aryl methyl sites for hydroxylation is 1. The van der Waals surface area contributed by atoms with Gasteiger partial charge in [0, 0.05) is 12.3 Å². The Hall–Kier alpha value is -2.64. The first-order valence-corrected chi connectivity index (χ1v) is 5.76. The molecule has 0 spiro atoms. The lowest BCUT2D eigenvalue weighted by Gasteiger charge is -2.11. The molecule has 5 nitrogen and oxygen atoms in total. The van der Waals surface area contributed by atoms with Gasteiger partial charge < -0.3 is 4.57 Å². The molecule has 2 aromatic rings. The van der Waals surface area contributed by atoms with Crippen molar-refractivity contribution in [3.05, 3.63) is 57.9 Å². The molecule has 0 atom stereocenters. The number of nitro benzene ring substituents is 1. The lowest BCUT2D eigenvalue weighted by Crippen LogP contribution is -2.25. The summed E-state index contributed by atoms with van der Waals surface area (Å²) in [6.07, 6.45) is -3.87. The fourth-order valence-electron chi connectivity index (χ4n) is 1.90. The predicted octanol–water partition coefficient (Wildman–Crippen LogP) is 3.44. The highest BCUT2D eigenvalue weighted by atomic mass is 19.4. The van der Waals surface area contributed by atoms with E-state index in [1.807, 2.05) is 0 Å². The average molecular weight is 298 g/mol. The summed E-state index contributed by atoms with van der Waals surface area (Å²) >= 11 is 0. The molecule has 0 fully saturated rings. The molecule has 1 heterocycles. The highest BCUT2D eigenvalue weighted by Crippen LogP contribution is 2.28. The van der Waals surface area contributed by atoms with Crippen LogP contribution in [0.25, 0.3) is 5.69 Å². The third kappa shape index (κ3) is 2.78. The molecular formula is C13H9F3N2O3. The molecule has 0 aliphatic carbocycles. The van der Waals surface area contributed by atoms with Crippen molar-refractivity contribution in [3.8, 4) is 5.69 Å². The number of halogens is 3. The number of carbonyl (C=O) groups excluding carboxylic acids is 1. The number of ketones is 1. The van der Waals surface area contributed by atoms with Gasteiger partial charge in [0.1, 0.15) is 5.69 Å². The normalized spacial score (nSPS) is 11.4. The summed E-state index contributed by atoms with van der Waals surface area (Å²) in [5, 5.41) is 11.0. The van der Waals surface area contributed by atoms with E-state index in [1.165, 1.54) is 30.5 Å². The van der Waals surface area contributed by atoms with Gasteiger partial charge in [0.25, 0.3) is 11.5 Å². The fourth-order valence-corrected chi connectivity index (χ4v) is 1.90. The van der Waals surface area contributed by atoms with Gasteiger partial charge in [-0.15, -0.1) is 0 Å². The minimum Gasteiger partial charge on any atom is -0.308 e. The first-order valence-electron chi connectivity index (χ1n) is 5.76. The average Bonchev–Trinajstić information content (AvgIpc) is 2.85. The van der Waals surface area contributed by atoms with Gasteiger partial charge in [-0.2, -0.15) is 13.2 Å². The van der Waals surface area contributed by atoms with Gasteiger partial charge in [-0.1, -0.05) is 6.07 Å². The number of benzene rings is 1. The van der Waals surface area contributed by atoms with E-state index in [9.17, 15) is 28.1 Å². The molecule has 0 radical (unpaired) electrons. The van der Waals surface area contributed by atoms with Crippen LogP contribution < -0.4 is 0 Å². The maximum Gasteiger partial charge on any atom is 0.456 e. The summed E-state index contributed by atoms with van der Waals surface area (Å²) in [4.78, 5) is 21.7. The zero-order valence-corrected chi connectivity index (χ0v) is 10.7. The molecule has 0 aliphatic rings. The van der Waals surface area contributed by atoms with Crippen molar-refractivity contribution in [3.63, 3.8) is 0 Å². The van der Waals surface area contributed by atoms with Crippen LogP contribution in [0, 0.1) is 17.0 Å². The van der Waals surface area contributed by atoms with Crippen LogP contribution in [0.2, 0.25) is 0 Å². The third-order valence-corrected chi connectivity index (χ3v) is 2.83. The second-order valence-corrected chi connectivity index (χ2v) is 4.34. The Balaban J connectivity index is 2.63. The third-order valence-electron chi connectivity index (χ3n) is 2.83. The van der Waals surface area contributed by atoms with E-state index in [0.717, 1.165) is 10.6 Å². The summed E-state index contributed by atoms with van der Waals surface area (Å²) in [5.41, 5.74) is -0.554. The molecule has 0 aliphatic heterocycles. The van der Waals surface area contributed by atoms with Gasteiger partial charge in [0.05, 0.1) is 10.6 Å². The monoisotopic (exact) mass is 298 g/mol. The minimum absolute atomic E-state index is 0.0943. The van der Waals surface area contributed by atoms with E-state index in [-0.39, 0.29) is 11.4 Å². The standard InChI is InChI=1S/C13H9F3N2O3/c1-8-4-5-9(11(7-8)18(20)21)17-6-2-3-10(17)12(19)13(14,15)16/h2-7H,1H3. The number of carbonyl (C=O) groups is 1. The molecule has 0 unspecified atom stereocenters. The quantitative estimate of drug-likeness (QED) is 0.495. The van der Waals surface area contributed by atoms with Crippen molar-refractivity contribution in [1.29, 1.82) is 0 Å². The van der Waals surface area contributed by atoms with E-state index < -0.39 is 22.6 Å². The second kappa shape index (κ2) is 5.04. The Labute approximate surface area is 116 Å². The van der Waals surface area contributed by atoms with Crippen molar-refractivity contribution in [1.82, 2.24) is 4.57 Å². The Kier molecular flexibility index (Phi) is 3.54. The molecule has 0 N–H and O–H groups in total. The number of nitrogens with zero attached hydrogens (tertiary/aromatic N) is 2. The Morgan fingerprint density at radius 3 is 2.52 bits per heavy atom. The number of hydrogen-bond donors (Lipinski definition) is 0. The molecule has 21 heavy (non-hydrogen) atoms. The molecule has 1 aromatic carbocycles. The number of Topliss-reactive ketones (excluding diaryl/α,β-unsaturated/α-hetero) is 1. The second-order valence-electron chi connectivity index (χ2n) is 4.34. The van der Waals surface area contributed by atoms with Crippen molar-refractivity contribution in [2.45, 2.75) is 13.1 Å². The largest absolute Gasteiger partial charge is 0.456 e. The topological polar surface area (TPSA) is 65.1 Å². The van der Waals surface area contributed by atoms with Crippen LogP contribution in [0.4, 0.5) is 18.9 Å².